The topological polar surface area (TPSA) is 151 Å². The van der Waals surface area contributed by atoms with Gasteiger partial charge in [0.05, 0.1) is 4.92 Å². The number of amides is 1. The van der Waals surface area contributed by atoms with Crippen molar-refractivity contribution in [3.63, 3.8) is 0 Å². The summed E-state index contributed by atoms with van der Waals surface area (Å²) in [6.07, 6.45) is 0.735. The molecule has 0 radical (unpaired) electrons. The van der Waals surface area contributed by atoms with E-state index < -0.39 is 26.7 Å². The van der Waals surface area contributed by atoms with E-state index in [0.717, 1.165) is 6.07 Å². The van der Waals surface area contributed by atoms with Gasteiger partial charge in [-0.25, -0.2) is 17.9 Å². The van der Waals surface area contributed by atoms with Crippen molar-refractivity contribution in [3.8, 4) is 0 Å². The molecule has 1 aromatic rings. The fraction of sp³-hybridized carbons (Fsp3) is 0.500. The van der Waals surface area contributed by atoms with Gasteiger partial charge in [-0.2, -0.15) is 0 Å². The van der Waals surface area contributed by atoms with Crippen molar-refractivity contribution in [2.45, 2.75) is 30.2 Å². The van der Waals surface area contributed by atoms with Crippen LogP contribution in [0.25, 0.3) is 0 Å². The van der Waals surface area contributed by atoms with Gasteiger partial charge in [-0.1, -0.05) is 18.6 Å². The Kier molecular flexibility index (Phi) is 8.25. The molecule has 11 heteroatoms. The summed E-state index contributed by atoms with van der Waals surface area (Å²) in [6.45, 7) is 0.394. The van der Waals surface area contributed by atoms with Crippen LogP contribution in [0.1, 0.15) is 19.3 Å². The van der Waals surface area contributed by atoms with Gasteiger partial charge in [0.1, 0.15) is 0 Å². The van der Waals surface area contributed by atoms with Crippen LogP contribution in [0.5, 0.6) is 0 Å². The highest BCUT2D eigenvalue weighted by molar-refractivity contribution is 7.89. The molecule has 0 heterocycles. The molecule has 0 spiro atoms. The highest BCUT2D eigenvalue weighted by Gasteiger charge is 2.24. The lowest BCUT2D eigenvalue weighted by Crippen LogP contribution is -2.38. The minimum atomic E-state index is -3.96. The summed E-state index contributed by atoms with van der Waals surface area (Å²) < 4.78 is 26.7. The number of carboxylic acid groups (broad SMARTS) is 1. The van der Waals surface area contributed by atoms with Gasteiger partial charge in [-0.3, -0.25) is 10.1 Å². The van der Waals surface area contributed by atoms with Crippen molar-refractivity contribution < 1.29 is 23.2 Å². The number of para-hydroxylation sites is 1. The van der Waals surface area contributed by atoms with E-state index in [2.05, 4.69) is 15.4 Å². The van der Waals surface area contributed by atoms with Gasteiger partial charge in [-0.05, 0) is 26.0 Å². The summed E-state index contributed by atoms with van der Waals surface area (Å²) in [5.74, 6) is 0. The highest BCUT2D eigenvalue weighted by atomic mass is 32.2. The third-order valence-corrected chi connectivity index (χ3v) is 5.04. The molecular weight excluding hydrogens is 352 g/mol. The molecule has 1 amide bonds. The Morgan fingerprint density at radius 2 is 2.00 bits per heavy atom. The normalized spacial score (nSPS) is 12.5. The SMILES string of the molecule is CNC(CCCCNS(=O)(=O)c1ccccc1[N+](=O)[O-])CNC(=O)O. The fourth-order valence-corrected chi connectivity index (χ4v) is 3.44. The number of unbranched alkanes of at least 4 members (excludes halogenated alkanes) is 1. The monoisotopic (exact) mass is 374 g/mol. The van der Waals surface area contributed by atoms with Crippen molar-refractivity contribution in [3.05, 3.63) is 34.4 Å². The summed E-state index contributed by atoms with van der Waals surface area (Å²) in [6, 6.07) is 5.11. The van der Waals surface area contributed by atoms with Gasteiger partial charge >= 0.3 is 6.09 Å². The fourth-order valence-electron chi connectivity index (χ4n) is 2.19. The Morgan fingerprint density at radius 3 is 2.60 bits per heavy atom. The van der Waals surface area contributed by atoms with Gasteiger partial charge in [-0.15, -0.1) is 0 Å². The van der Waals surface area contributed by atoms with E-state index in [0.29, 0.717) is 19.3 Å². The van der Waals surface area contributed by atoms with E-state index in [1.165, 1.54) is 18.2 Å². The first-order valence-corrected chi connectivity index (χ1v) is 9.13. The van der Waals surface area contributed by atoms with Crippen LogP contribution < -0.4 is 15.4 Å². The molecule has 1 rings (SSSR count). The zero-order valence-corrected chi connectivity index (χ0v) is 14.6. The first-order chi connectivity index (χ1) is 11.8. The lowest BCUT2D eigenvalue weighted by molar-refractivity contribution is -0.387. The van der Waals surface area contributed by atoms with Crippen molar-refractivity contribution in [2.24, 2.45) is 0 Å². The number of likely N-dealkylation sites (N-methyl/N-ethyl adjacent to an activating group) is 1. The Labute approximate surface area is 145 Å². The molecule has 4 N–H and O–H groups in total. The first-order valence-electron chi connectivity index (χ1n) is 7.65. The standard InChI is InChI=1S/C14H22N4O6S/c1-15-11(10-16-14(19)20)6-4-5-9-17-25(23,24)13-8-3-2-7-12(13)18(21)22/h2-3,7-8,11,15-17H,4-6,9-10H2,1H3,(H,19,20). The molecule has 1 atom stereocenters. The summed E-state index contributed by atoms with van der Waals surface area (Å²) in [5.41, 5.74) is -0.468. The highest BCUT2D eigenvalue weighted by Crippen LogP contribution is 2.22. The van der Waals surface area contributed by atoms with Crippen LogP contribution in [0.15, 0.2) is 29.2 Å². The average molecular weight is 374 g/mol. The predicted octanol–water partition coefficient (Wildman–Crippen LogP) is 0.899. The third kappa shape index (κ3) is 7.03. The third-order valence-electron chi connectivity index (χ3n) is 3.53. The smallest absolute Gasteiger partial charge is 0.404 e. The van der Waals surface area contributed by atoms with Crippen LogP contribution in [0.4, 0.5) is 10.5 Å². The Bertz CT molecular complexity index is 694. The van der Waals surface area contributed by atoms with E-state index in [-0.39, 0.29) is 24.0 Å². The predicted molar refractivity (Wildman–Crippen MR) is 91.0 cm³/mol. The van der Waals surface area contributed by atoms with Gasteiger partial charge in [0.15, 0.2) is 4.90 Å². The van der Waals surface area contributed by atoms with Crippen LogP contribution in [0.3, 0.4) is 0 Å². The van der Waals surface area contributed by atoms with Gasteiger partial charge < -0.3 is 15.7 Å². The number of benzene rings is 1. The Balaban J connectivity index is 2.48. The zero-order chi connectivity index (χ0) is 18.9. The molecule has 0 aliphatic rings. The van der Waals surface area contributed by atoms with E-state index in [1.807, 2.05) is 0 Å². The summed E-state index contributed by atoms with van der Waals surface area (Å²) in [4.78, 5) is 20.3. The molecule has 0 saturated heterocycles. The molecule has 1 aromatic carbocycles. The molecule has 10 nitrogen and oxygen atoms in total. The minimum absolute atomic E-state index is 0.0529. The minimum Gasteiger partial charge on any atom is -0.465 e. The maximum absolute atomic E-state index is 12.2. The number of carbonyl (C=O) groups is 1. The number of rotatable bonds is 11. The zero-order valence-electron chi connectivity index (χ0n) is 13.8. The van der Waals surface area contributed by atoms with Gasteiger partial charge in [0, 0.05) is 25.2 Å². The van der Waals surface area contributed by atoms with Crippen LogP contribution >= 0.6 is 0 Å². The summed E-state index contributed by atoms with van der Waals surface area (Å²) in [7, 11) is -2.25. The number of hydrogen-bond acceptors (Lipinski definition) is 6. The maximum atomic E-state index is 12.2. The number of nitro groups is 1. The van der Waals surface area contributed by atoms with E-state index in [9.17, 15) is 23.3 Å². The summed E-state index contributed by atoms with van der Waals surface area (Å²) in [5, 5.41) is 24.7. The largest absolute Gasteiger partial charge is 0.465 e. The van der Waals surface area contributed by atoms with Crippen molar-refractivity contribution in [1.82, 2.24) is 15.4 Å². The molecule has 0 aliphatic carbocycles. The lowest BCUT2D eigenvalue weighted by atomic mass is 10.1. The number of nitro benzene ring substituents is 1. The maximum Gasteiger partial charge on any atom is 0.404 e. The molecule has 0 bridgehead atoms. The number of sulfonamides is 1. The number of hydrogen-bond donors (Lipinski definition) is 4. The Hall–Kier alpha value is -2.24. The quantitative estimate of drug-likeness (QED) is 0.255. The molecule has 0 aliphatic heterocycles. The average Bonchev–Trinajstić information content (AvgIpc) is 2.57. The van der Waals surface area contributed by atoms with Crippen LogP contribution in [0, 0.1) is 10.1 Å². The molecule has 0 fully saturated rings. The molecule has 1 unspecified atom stereocenters. The number of nitrogens with one attached hydrogen (secondary N) is 3. The van der Waals surface area contributed by atoms with Crippen LogP contribution in [-0.2, 0) is 10.0 Å². The van der Waals surface area contributed by atoms with Crippen molar-refractivity contribution in [1.29, 1.82) is 0 Å². The van der Waals surface area contributed by atoms with Gasteiger partial charge in [0.25, 0.3) is 5.69 Å². The first kappa shape index (κ1) is 20.8. The van der Waals surface area contributed by atoms with E-state index in [1.54, 1.807) is 7.05 Å². The number of nitrogens with zero attached hydrogens (tertiary/aromatic N) is 1. The van der Waals surface area contributed by atoms with Crippen LogP contribution in [0.2, 0.25) is 0 Å². The Morgan fingerprint density at radius 1 is 1.32 bits per heavy atom. The van der Waals surface area contributed by atoms with Crippen molar-refractivity contribution >= 4 is 21.8 Å². The second-order valence-corrected chi connectivity index (χ2v) is 7.03. The summed E-state index contributed by atoms with van der Waals surface area (Å²) >= 11 is 0. The molecule has 0 saturated carbocycles. The molecule has 0 aromatic heterocycles. The van der Waals surface area contributed by atoms with E-state index in [4.69, 9.17) is 5.11 Å². The lowest BCUT2D eigenvalue weighted by Gasteiger charge is -2.15. The van der Waals surface area contributed by atoms with Crippen molar-refractivity contribution in [2.75, 3.05) is 20.1 Å². The molecule has 140 valence electrons. The second-order valence-electron chi connectivity index (χ2n) is 5.29. The molecular formula is C14H22N4O6S. The van der Waals surface area contributed by atoms with Gasteiger partial charge in [0.2, 0.25) is 10.0 Å². The molecule has 25 heavy (non-hydrogen) atoms. The second kappa shape index (κ2) is 9.91. The van der Waals surface area contributed by atoms with Crippen LogP contribution in [-0.4, -0.2) is 50.7 Å². The van der Waals surface area contributed by atoms with E-state index >= 15 is 0 Å².